The van der Waals surface area contributed by atoms with Crippen LogP contribution in [-0.2, 0) is 14.3 Å². The summed E-state index contributed by atoms with van der Waals surface area (Å²) >= 11 is 0. The molecule has 9 heteroatoms. The van der Waals surface area contributed by atoms with Gasteiger partial charge in [-0.05, 0) is 40.6 Å². The molecule has 0 saturated heterocycles. The highest BCUT2D eigenvalue weighted by Gasteiger charge is 2.39. The smallest absolute Gasteiger partial charge is 0.338 e. The number of allylic oxidation sites excluding steroid dienone is 1. The number of tetrazole rings is 1. The van der Waals surface area contributed by atoms with Crippen LogP contribution >= 0.6 is 0 Å². The summed E-state index contributed by atoms with van der Waals surface area (Å²) in [7, 11) is 0. The fourth-order valence-electron chi connectivity index (χ4n) is 3.72. The first-order valence-corrected chi connectivity index (χ1v) is 9.15. The Hall–Kier alpha value is -3.75. The predicted octanol–water partition coefficient (Wildman–Crippen LogP) is 2.16. The predicted molar refractivity (Wildman–Crippen MR) is 104 cm³/mol. The van der Waals surface area contributed by atoms with Crippen LogP contribution in [0.3, 0.4) is 0 Å². The van der Waals surface area contributed by atoms with Crippen LogP contribution in [0.15, 0.2) is 53.7 Å². The average Bonchev–Trinajstić information content (AvgIpc) is 3.18. The molecule has 1 aliphatic heterocycles. The number of rotatable bonds is 5. The number of fused-ring (bicyclic) bond motifs is 2. The third kappa shape index (κ3) is 3.10. The van der Waals surface area contributed by atoms with Crippen molar-refractivity contribution in [3.05, 3.63) is 59.3 Å². The van der Waals surface area contributed by atoms with E-state index in [4.69, 9.17) is 4.74 Å². The lowest BCUT2D eigenvalue weighted by atomic mass is 9.91. The van der Waals surface area contributed by atoms with Crippen LogP contribution in [0.5, 0.6) is 0 Å². The van der Waals surface area contributed by atoms with E-state index in [-0.39, 0.29) is 19.1 Å². The third-order valence-corrected chi connectivity index (χ3v) is 4.94. The minimum absolute atomic E-state index is 0.194. The molecule has 29 heavy (non-hydrogen) atoms. The van der Waals surface area contributed by atoms with Crippen molar-refractivity contribution in [2.24, 2.45) is 0 Å². The molecule has 1 N–H and O–H groups in total. The fourth-order valence-corrected chi connectivity index (χ4v) is 3.72. The first-order valence-electron chi connectivity index (χ1n) is 9.15. The Morgan fingerprint density at radius 2 is 1.93 bits per heavy atom. The van der Waals surface area contributed by atoms with Crippen LogP contribution in [-0.4, -0.2) is 50.4 Å². The summed E-state index contributed by atoms with van der Waals surface area (Å²) < 4.78 is 6.78. The minimum atomic E-state index is -1.06. The molecule has 0 bridgehead atoms. The largest absolute Gasteiger partial charge is 0.480 e. The van der Waals surface area contributed by atoms with Gasteiger partial charge in [-0.1, -0.05) is 47.6 Å². The van der Waals surface area contributed by atoms with Crippen molar-refractivity contribution in [1.29, 1.82) is 0 Å². The normalized spacial score (nSPS) is 16.1. The van der Waals surface area contributed by atoms with E-state index in [1.54, 1.807) is 13.8 Å². The summed E-state index contributed by atoms with van der Waals surface area (Å²) in [4.78, 5) is 25.8. The highest BCUT2D eigenvalue weighted by molar-refractivity contribution is 5.95. The maximum absolute atomic E-state index is 13.0. The van der Waals surface area contributed by atoms with Gasteiger partial charge in [0.05, 0.1) is 12.2 Å². The zero-order valence-corrected chi connectivity index (χ0v) is 15.9. The van der Waals surface area contributed by atoms with Gasteiger partial charge in [-0.15, -0.1) is 0 Å². The summed E-state index contributed by atoms with van der Waals surface area (Å²) in [6.45, 7) is 3.23. The number of ether oxygens (including phenoxy) is 1. The first kappa shape index (κ1) is 18.6. The average molecular weight is 393 g/mol. The number of anilines is 1. The van der Waals surface area contributed by atoms with Crippen LogP contribution in [0.1, 0.15) is 25.5 Å². The number of aliphatic carboxylic acids is 1. The van der Waals surface area contributed by atoms with E-state index in [0.29, 0.717) is 11.3 Å². The highest BCUT2D eigenvalue weighted by atomic mass is 16.5. The van der Waals surface area contributed by atoms with Crippen molar-refractivity contribution in [2.45, 2.75) is 19.9 Å². The zero-order valence-electron chi connectivity index (χ0n) is 15.9. The molecule has 4 rings (SSSR count). The summed E-state index contributed by atoms with van der Waals surface area (Å²) in [6.07, 6.45) is 0. The van der Waals surface area contributed by atoms with Crippen LogP contribution in [0.2, 0.25) is 0 Å². The Morgan fingerprint density at radius 1 is 1.17 bits per heavy atom. The summed E-state index contributed by atoms with van der Waals surface area (Å²) in [5, 5.41) is 23.1. The monoisotopic (exact) mass is 393 g/mol. The topological polar surface area (TPSA) is 110 Å². The van der Waals surface area contributed by atoms with Crippen LogP contribution in [0.25, 0.3) is 10.8 Å². The van der Waals surface area contributed by atoms with Gasteiger partial charge in [-0.3, -0.25) is 4.79 Å². The lowest BCUT2D eigenvalue weighted by Gasteiger charge is -2.34. The van der Waals surface area contributed by atoms with Gasteiger partial charge in [0, 0.05) is 5.70 Å². The molecule has 2 heterocycles. The van der Waals surface area contributed by atoms with Gasteiger partial charge in [0.25, 0.3) is 5.95 Å². The number of aromatic nitrogens is 4. The SMILES string of the molecule is CCOC(=O)C1=C(C)N(CC(=O)O)c2nnnn2C1c1cccc2ccccc12. The van der Waals surface area contributed by atoms with E-state index in [1.807, 2.05) is 42.5 Å². The highest BCUT2D eigenvalue weighted by Crippen LogP contribution is 2.40. The molecule has 1 atom stereocenters. The van der Waals surface area contributed by atoms with Crippen molar-refractivity contribution < 1.29 is 19.4 Å². The standard InChI is InChI=1S/C20H19N5O4/c1-3-29-19(28)17-12(2)24(11-16(26)27)20-21-22-23-25(20)18(17)15-10-6-8-13-7-4-5-9-14(13)15/h4-10,18H,3,11H2,1-2H3,(H,26,27). The van der Waals surface area contributed by atoms with Gasteiger partial charge >= 0.3 is 11.9 Å². The maximum atomic E-state index is 13.0. The second-order valence-electron chi connectivity index (χ2n) is 6.59. The molecule has 0 aliphatic carbocycles. The molecule has 0 radical (unpaired) electrons. The molecular formula is C20H19N5O4. The fraction of sp³-hybridized carbons (Fsp3) is 0.250. The number of carboxylic acid groups (broad SMARTS) is 1. The molecule has 0 fully saturated rings. The Morgan fingerprint density at radius 3 is 2.69 bits per heavy atom. The zero-order chi connectivity index (χ0) is 20.5. The molecule has 0 saturated carbocycles. The first-order chi connectivity index (χ1) is 14.0. The number of carbonyl (C=O) groups excluding carboxylic acids is 1. The second kappa shape index (κ2) is 7.34. The number of esters is 1. The van der Waals surface area contributed by atoms with Gasteiger partial charge in [-0.2, -0.15) is 4.68 Å². The molecule has 0 spiro atoms. The van der Waals surface area contributed by atoms with E-state index in [1.165, 1.54) is 9.58 Å². The van der Waals surface area contributed by atoms with Crippen molar-refractivity contribution in [2.75, 3.05) is 18.1 Å². The number of hydrogen-bond acceptors (Lipinski definition) is 7. The molecule has 1 aromatic heterocycles. The Kier molecular flexibility index (Phi) is 4.71. The number of nitrogens with zero attached hydrogens (tertiary/aromatic N) is 5. The van der Waals surface area contributed by atoms with Gasteiger partial charge in [0.15, 0.2) is 0 Å². The second-order valence-corrected chi connectivity index (χ2v) is 6.59. The number of hydrogen-bond donors (Lipinski definition) is 1. The van der Waals surface area contributed by atoms with Gasteiger partial charge in [0.2, 0.25) is 0 Å². The Balaban J connectivity index is 1.99. The molecule has 9 nitrogen and oxygen atoms in total. The summed E-state index contributed by atoms with van der Waals surface area (Å²) in [6, 6.07) is 13.0. The lowest BCUT2D eigenvalue weighted by Crippen LogP contribution is -2.39. The molecule has 1 unspecified atom stereocenters. The Bertz CT molecular complexity index is 1130. The summed E-state index contributed by atoms with van der Waals surface area (Å²) in [5.41, 5.74) is 1.59. The molecule has 1 aliphatic rings. The van der Waals surface area contributed by atoms with Crippen LogP contribution < -0.4 is 4.90 Å². The molecule has 0 amide bonds. The van der Waals surface area contributed by atoms with Crippen molar-refractivity contribution in [3.63, 3.8) is 0 Å². The molecule has 3 aromatic rings. The van der Waals surface area contributed by atoms with E-state index < -0.39 is 18.0 Å². The number of carbonyl (C=O) groups is 2. The van der Waals surface area contributed by atoms with E-state index >= 15 is 0 Å². The van der Waals surface area contributed by atoms with Crippen molar-refractivity contribution in [3.8, 4) is 0 Å². The van der Waals surface area contributed by atoms with Gasteiger partial charge < -0.3 is 14.7 Å². The minimum Gasteiger partial charge on any atom is -0.480 e. The number of benzene rings is 2. The van der Waals surface area contributed by atoms with E-state index in [2.05, 4.69) is 15.5 Å². The molecule has 2 aromatic carbocycles. The number of carboxylic acids is 1. The lowest BCUT2D eigenvalue weighted by molar-refractivity contribution is -0.139. The van der Waals surface area contributed by atoms with Crippen LogP contribution in [0.4, 0.5) is 5.95 Å². The van der Waals surface area contributed by atoms with Crippen LogP contribution in [0, 0.1) is 0 Å². The summed E-state index contributed by atoms with van der Waals surface area (Å²) in [5.74, 6) is -1.33. The Labute approximate surface area is 166 Å². The van der Waals surface area contributed by atoms with Crippen molar-refractivity contribution >= 4 is 28.7 Å². The third-order valence-electron chi connectivity index (χ3n) is 4.94. The molecular weight excluding hydrogens is 374 g/mol. The van der Waals surface area contributed by atoms with E-state index in [0.717, 1.165) is 16.3 Å². The van der Waals surface area contributed by atoms with Gasteiger partial charge in [-0.25, -0.2) is 4.79 Å². The quantitative estimate of drug-likeness (QED) is 0.657. The molecule has 148 valence electrons. The maximum Gasteiger partial charge on any atom is 0.338 e. The van der Waals surface area contributed by atoms with Crippen molar-refractivity contribution in [1.82, 2.24) is 20.2 Å². The van der Waals surface area contributed by atoms with E-state index in [9.17, 15) is 14.7 Å². The van der Waals surface area contributed by atoms with Gasteiger partial charge in [0.1, 0.15) is 12.6 Å².